The number of piperidine rings is 1. The zero-order chi connectivity index (χ0) is 14.4. The van der Waals surface area contributed by atoms with Crippen molar-refractivity contribution in [3.63, 3.8) is 0 Å². The molecule has 0 aliphatic carbocycles. The van der Waals surface area contributed by atoms with E-state index in [2.05, 4.69) is 19.9 Å². The molecule has 0 saturated carbocycles. The summed E-state index contributed by atoms with van der Waals surface area (Å²) < 4.78 is 15.8. The highest BCUT2D eigenvalue weighted by Crippen LogP contribution is 2.21. The van der Waals surface area contributed by atoms with Crippen LogP contribution in [0.15, 0.2) is 0 Å². The van der Waals surface area contributed by atoms with E-state index in [4.69, 9.17) is 25.8 Å². The van der Waals surface area contributed by atoms with Crippen LogP contribution in [0.2, 0.25) is 0 Å². The van der Waals surface area contributed by atoms with Crippen LogP contribution < -0.4 is 14.4 Å². The molecule has 0 N–H and O–H groups in total. The molecule has 0 unspecified atom stereocenters. The molecular formula is C12H19ClN4O3. The maximum absolute atomic E-state index is 5.64. The normalized spacial score (nSPS) is 16.2. The molecule has 1 fully saturated rings. The predicted octanol–water partition coefficient (Wildman–Crippen LogP) is 1.11. The first-order valence-corrected chi connectivity index (χ1v) is 7.07. The summed E-state index contributed by atoms with van der Waals surface area (Å²) in [6.07, 6.45) is 2.11. The van der Waals surface area contributed by atoms with Crippen molar-refractivity contribution in [2.75, 3.05) is 44.7 Å². The summed E-state index contributed by atoms with van der Waals surface area (Å²) in [5.74, 6) is 1.10. The molecule has 8 heteroatoms. The number of alkyl halides is 1. The Morgan fingerprint density at radius 3 is 2.20 bits per heavy atom. The number of anilines is 1. The number of hydrogen-bond acceptors (Lipinski definition) is 7. The van der Waals surface area contributed by atoms with Crippen LogP contribution in [0.1, 0.15) is 12.8 Å². The van der Waals surface area contributed by atoms with E-state index >= 15 is 0 Å². The molecule has 1 aliphatic heterocycles. The van der Waals surface area contributed by atoms with Gasteiger partial charge >= 0.3 is 12.0 Å². The van der Waals surface area contributed by atoms with Crippen molar-refractivity contribution in [1.82, 2.24) is 15.0 Å². The fraction of sp³-hybridized carbons (Fsp3) is 0.750. The van der Waals surface area contributed by atoms with Gasteiger partial charge in [0.15, 0.2) is 0 Å². The second kappa shape index (κ2) is 7.44. The Morgan fingerprint density at radius 2 is 1.70 bits per heavy atom. The summed E-state index contributed by atoms with van der Waals surface area (Å²) in [5, 5.41) is 0. The van der Waals surface area contributed by atoms with Gasteiger partial charge in [0.2, 0.25) is 5.95 Å². The van der Waals surface area contributed by atoms with E-state index in [0.29, 0.717) is 18.4 Å². The van der Waals surface area contributed by atoms with Crippen LogP contribution in [0, 0.1) is 0 Å². The molecule has 0 radical (unpaired) electrons. The molecular weight excluding hydrogens is 284 g/mol. The highest BCUT2D eigenvalue weighted by molar-refractivity contribution is 6.17. The van der Waals surface area contributed by atoms with E-state index in [1.807, 2.05) is 0 Å². The van der Waals surface area contributed by atoms with Gasteiger partial charge in [0.05, 0.1) is 26.9 Å². The first kappa shape index (κ1) is 15.1. The zero-order valence-electron chi connectivity index (χ0n) is 11.7. The van der Waals surface area contributed by atoms with E-state index in [1.54, 1.807) is 0 Å². The van der Waals surface area contributed by atoms with Gasteiger partial charge in [-0.15, -0.1) is 16.6 Å². The summed E-state index contributed by atoms with van der Waals surface area (Å²) in [6.45, 7) is 2.24. The molecule has 7 nitrogen and oxygen atoms in total. The van der Waals surface area contributed by atoms with Crippen LogP contribution in [0.4, 0.5) is 5.95 Å². The Labute approximate surface area is 123 Å². The Hall–Kier alpha value is -1.34. The Kier molecular flexibility index (Phi) is 5.60. The summed E-state index contributed by atoms with van der Waals surface area (Å²) in [5.41, 5.74) is 0. The average molecular weight is 303 g/mol. The van der Waals surface area contributed by atoms with Gasteiger partial charge in [-0.1, -0.05) is 0 Å². The summed E-state index contributed by atoms with van der Waals surface area (Å²) in [4.78, 5) is 14.6. The van der Waals surface area contributed by atoms with E-state index in [9.17, 15) is 0 Å². The van der Waals surface area contributed by atoms with Crippen molar-refractivity contribution in [3.8, 4) is 12.0 Å². The van der Waals surface area contributed by atoms with Crippen LogP contribution in [0.5, 0.6) is 12.0 Å². The lowest BCUT2D eigenvalue weighted by atomic mass is 10.1. The van der Waals surface area contributed by atoms with E-state index in [-0.39, 0.29) is 18.1 Å². The first-order valence-electron chi connectivity index (χ1n) is 6.53. The maximum atomic E-state index is 5.64. The molecule has 0 atom stereocenters. The maximum Gasteiger partial charge on any atom is 0.324 e. The van der Waals surface area contributed by atoms with Crippen LogP contribution in [0.25, 0.3) is 0 Å². The van der Waals surface area contributed by atoms with Crippen LogP contribution >= 0.6 is 11.6 Å². The fourth-order valence-corrected chi connectivity index (χ4v) is 2.17. The lowest BCUT2D eigenvalue weighted by Crippen LogP contribution is -2.38. The molecule has 20 heavy (non-hydrogen) atoms. The van der Waals surface area contributed by atoms with Crippen LogP contribution in [-0.2, 0) is 4.74 Å². The molecule has 0 bridgehead atoms. The van der Waals surface area contributed by atoms with Crippen molar-refractivity contribution < 1.29 is 14.2 Å². The van der Waals surface area contributed by atoms with Crippen molar-refractivity contribution in [2.24, 2.45) is 0 Å². The quantitative estimate of drug-likeness (QED) is 0.729. The monoisotopic (exact) mass is 302 g/mol. The van der Waals surface area contributed by atoms with Gasteiger partial charge in [-0.25, -0.2) is 0 Å². The van der Waals surface area contributed by atoms with Gasteiger partial charge in [0, 0.05) is 19.0 Å². The largest absolute Gasteiger partial charge is 0.467 e. The number of nitrogens with zero attached hydrogens (tertiary/aromatic N) is 4. The minimum absolute atomic E-state index is 0.257. The van der Waals surface area contributed by atoms with Crippen molar-refractivity contribution in [1.29, 1.82) is 0 Å². The molecule has 112 valence electrons. The zero-order valence-corrected chi connectivity index (χ0v) is 12.5. The summed E-state index contributed by atoms with van der Waals surface area (Å²) in [6, 6.07) is 0.514. The highest BCUT2D eigenvalue weighted by Gasteiger charge is 2.22. The van der Waals surface area contributed by atoms with Gasteiger partial charge in [-0.05, 0) is 12.8 Å². The third-order valence-corrected chi connectivity index (χ3v) is 3.26. The SMILES string of the molecule is COc1nc(OC)nc(N2CCC(OCCCl)CC2)n1. The second-order valence-corrected chi connectivity index (χ2v) is 4.73. The van der Waals surface area contributed by atoms with Crippen molar-refractivity contribution >= 4 is 17.5 Å². The molecule has 1 aromatic heterocycles. The molecule has 0 amide bonds. The molecule has 0 aromatic carbocycles. The van der Waals surface area contributed by atoms with Crippen LogP contribution in [-0.4, -0.2) is 60.9 Å². The standard InChI is InChI=1S/C12H19ClN4O3/c1-18-11-14-10(15-12(16-11)19-2)17-6-3-9(4-7-17)20-8-5-13/h9H,3-8H2,1-2H3. The fourth-order valence-electron chi connectivity index (χ4n) is 2.09. The van der Waals surface area contributed by atoms with Gasteiger partial charge in [-0.2, -0.15) is 9.97 Å². The summed E-state index contributed by atoms with van der Waals surface area (Å²) in [7, 11) is 3.04. The lowest BCUT2D eigenvalue weighted by molar-refractivity contribution is 0.0469. The Bertz CT molecular complexity index is 405. The van der Waals surface area contributed by atoms with E-state index in [1.165, 1.54) is 14.2 Å². The molecule has 0 spiro atoms. The van der Waals surface area contributed by atoms with Gasteiger partial charge in [0.1, 0.15) is 0 Å². The number of methoxy groups -OCH3 is 2. The van der Waals surface area contributed by atoms with Crippen molar-refractivity contribution in [2.45, 2.75) is 18.9 Å². The number of halogens is 1. The number of aromatic nitrogens is 3. The van der Waals surface area contributed by atoms with Gasteiger partial charge in [-0.3, -0.25) is 0 Å². The highest BCUT2D eigenvalue weighted by atomic mass is 35.5. The van der Waals surface area contributed by atoms with E-state index in [0.717, 1.165) is 25.9 Å². The minimum atomic E-state index is 0.257. The predicted molar refractivity (Wildman–Crippen MR) is 74.8 cm³/mol. The van der Waals surface area contributed by atoms with E-state index < -0.39 is 0 Å². The molecule has 1 aromatic rings. The van der Waals surface area contributed by atoms with Crippen LogP contribution in [0.3, 0.4) is 0 Å². The molecule has 2 rings (SSSR count). The molecule has 1 aliphatic rings. The Balaban J connectivity index is 1.99. The molecule has 2 heterocycles. The summed E-state index contributed by atoms with van der Waals surface area (Å²) >= 11 is 5.62. The number of rotatable bonds is 6. The first-order chi connectivity index (χ1) is 9.76. The van der Waals surface area contributed by atoms with Crippen molar-refractivity contribution in [3.05, 3.63) is 0 Å². The average Bonchev–Trinajstić information content (AvgIpc) is 2.52. The second-order valence-electron chi connectivity index (χ2n) is 4.35. The van der Waals surface area contributed by atoms with Gasteiger partial charge in [0.25, 0.3) is 0 Å². The Morgan fingerprint density at radius 1 is 1.10 bits per heavy atom. The third-order valence-electron chi connectivity index (χ3n) is 3.10. The number of ether oxygens (including phenoxy) is 3. The number of hydrogen-bond donors (Lipinski definition) is 0. The topological polar surface area (TPSA) is 69.6 Å². The minimum Gasteiger partial charge on any atom is -0.467 e. The molecule has 1 saturated heterocycles. The lowest BCUT2D eigenvalue weighted by Gasteiger charge is -2.31. The van der Waals surface area contributed by atoms with Gasteiger partial charge < -0.3 is 19.1 Å². The third kappa shape index (κ3) is 3.83. The smallest absolute Gasteiger partial charge is 0.324 e.